The maximum Gasteiger partial charge on any atom is 0.240 e. The number of nitrogens with one attached hydrogen (secondary N) is 2. The lowest BCUT2D eigenvalue weighted by atomic mass is 10.2. The average molecular weight is 272 g/mol. The van der Waals surface area contributed by atoms with Gasteiger partial charge in [-0.3, -0.25) is 4.79 Å². The largest absolute Gasteiger partial charge is 0.396 e. The Morgan fingerprint density at radius 2 is 2.00 bits per heavy atom. The van der Waals surface area contributed by atoms with Gasteiger partial charge in [-0.1, -0.05) is 6.07 Å². The monoisotopic (exact) mass is 272 g/mol. The molecule has 0 fully saturated rings. The van der Waals surface area contributed by atoms with Crippen LogP contribution in [0.4, 0.5) is 11.4 Å². The van der Waals surface area contributed by atoms with Crippen LogP contribution in [0.25, 0.3) is 0 Å². The second kappa shape index (κ2) is 5.69. The number of hydrogen-bond acceptors (Lipinski definition) is 5. The van der Waals surface area contributed by atoms with Gasteiger partial charge in [0, 0.05) is 20.0 Å². The van der Waals surface area contributed by atoms with Crippen LogP contribution in [-0.4, -0.2) is 27.4 Å². The number of amides is 1. The molecule has 0 unspecified atom stereocenters. The third-order valence-corrected chi connectivity index (χ3v) is 3.16. The Morgan fingerprint density at radius 1 is 1.33 bits per heavy atom. The molecule has 0 bridgehead atoms. The molecule has 1 amide bonds. The molecule has 0 aliphatic rings. The zero-order valence-corrected chi connectivity index (χ0v) is 10.8. The highest BCUT2D eigenvalue weighted by Gasteiger charge is 2.14. The number of nitrogen functional groups attached to an aromatic ring is 1. The fraction of sp³-hybridized carbons (Fsp3) is 0.300. The van der Waals surface area contributed by atoms with Gasteiger partial charge in [-0.2, -0.15) is 0 Å². The van der Waals surface area contributed by atoms with E-state index in [9.17, 15) is 13.2 Å². The van der Waals surface area contributed by atoms with Crippen molar-refractivity contribution in [2.45, 2.75) is 11.8 Å². The number of hydrogen-bond donors (Lipinski definition) is 4. The molecule has 6 N–H and O–H groups in total. The SMILES string of the molecule is CC(=O)NCCNc1cccc(S(N)(=O)=O)c1N. The minimum Gasteiger partial charge on any atom is -0.396 e. The summed E-state index contributed by atoms with van der Waals surface area (Å²) >= 11 is 0. The van der Waals surface area contributed by atoms with Gasteiger partial charge in [-0.25, -0.2) is 13.6 Å². The molecule has 100 valence electrons. The summed E-state index contributed by atoms with van der Waals surface area (Å²) in [4.78, 5) is 10.5. The Hall–Kier alpha value is -1.80. The number of primary sulfonamides is 1. The van der Waals surface area contributed by atoms with Crippen molar-refractivity contribution >= 4 is 27.3 Å². The van der Waals surface area contributed by atoms with Crippen molar-refractivity contribution in [1.82, 2.24) is 5.32 Å². The predicted octanol–water partition coefficient (Wildman–Crippen LogP) is -0.536. The molecule has 0 saturated heterocycles. The highest BCUT2D eigenvalue weighted by molar-refractivity contribution is 7.89. The molecule has 0 aliphatic heterocycles. The normalized spacial score (nSPS) is 11.0. The number of rotatable bonds is 5. The van der Waals surface area contributed by atoms with E-state index in [0.29, 0.717) is 18.8 Å². The second-order valence-corrected chi connectivity index (χ2v) is 5.20. The first-order valence-electron chi connectivity index (χ1n) is 5.22. The fourth-order valence-corrected chi connectivity index (χ4v) is 2.07. The average Bonchev–Trinajstić information content (AvgIpc) is 2.24. The van der Waals surface area contributed by atoms with Crippen LogP contribution in [0.1, 0.15) is 6.92 Å². The molecule has 0 aromatic heterocycles. The van der Waals surface area contributed by atoms with E-state index in [-0.39, 0.29) is 16.5 Å². The first-order valence-corrected chi connectivity index (χ1v) is 6.76. The number of sulfonamides is 1. The molecule has 0 radical (unpaired) electrons. The van der Waals surface area contributed by atoms with Crippen LogP contribution in [0.15, 0.2) is 23.1 Å². The molecule has 0 aliphatic carbocycles. The molecular formula is C10H16N4O3S. The summed E-state index contributed by atoms with van der Waals surface area (Å²) in [7, 11) is -3.83. The number of carbonyl (C=O) groups excluding carboxylic acids is 1. The Bertz CT molecular complexity index is 542. The van der Waals surface area contributed by atoms with Gasteiger partial charge in [0.15, 0.2) is 0 Å². The van der Waals surface area contributed by atoms with E-state index in [1.807, 2.05) is 0 Å². The van der Waals surface area contributed by atoms with Gasteiger partial charge >= 0.3 is 0 Å². The third-order valence-electron chi connectivity index (χ3n) is 2.19. The molecule has 0 atom stereocenters. The fourth-order valence-electron chi connectivity index (χ4n) is 1.38. The Labute approximate surface area is 106 Å². The molecule has 1 aromatic carbocycles. The van der Waals surface area contributed by atoms with Crippen LogP contribution in [0.5, 0.6) is 0 Å². The van der Waals surface area contributed by atoms with E-state index in [1.54, 1.807) is 6.07 Å². The predicted molar refractivity (Wildman–Crippen MR) is 69.4 cm³/mol. The highest BCUT2D eigenvalue weighted by Crippen LogP contribution is 2.25. The minimum atomic E-state index is -3.83. The van der Waals surface area contributed by atoms with Crippen molar-refractivity contribution in [3.05, 3.63) is 18.2 Å². The van der Waals surface area contributed by atoms with E-state index in [2.05, 4.69) is 10.6 Å². The maximum absolute atomic E-state index is 11.2. The first kappa shape index (κ1) is 14.3. The smallest absolute Gasteiger partial charge is 0.240 e. The molecule has 8 heteroatoms. The van der Waals surface area contributed by atoms with Crippen molar-refractivity contribution in [2.24, 2.45) is 5.14 Å². The lowest BCUT2D eigenvalue weighted by molar-refractivity contribution is -0.118. The van der Waals surface area contributed by atoms with Crippen molar-refractivity contribution in [2.75, 3.05) is 24.1 Å². The molecule has 18 heavy (non-hydrogen) atoms. The van der Waals surface area contributed by atoms with Crippen molar-refractivity contribution in [1.29, 1.82) is 0 Å². The van der Waals surface area contributed by atoms with Gasteiger partial charge in [0.1, 0.15) is 4.90 Å². The van der Waals surface area contributed by atoms with Crippen LogP contribution >= 0.6 is 0 Å². The quantitative estimate of drug-likeness (QED) is 0.423. The molecule has 0 heterocycles. The van der Waals surface area contributed by atoms with Crippen LogP contribution < -0.4 is 21.5 Å². The van der Waals surface area contributed by atoms with Crippen LogP contribution in [0, 0.1) is 0 Å². The number of nitrogens with two attached hydrogens (primary N) is 2. The summed E-state index contributed by atoms with van der Waals surface area (Å²) in [6.45, 7) is 2.25. The topological polar surface area (TPSA) is 127 Å². The third kappa shape index (κ3) is 3.90. The van der Waals surface area contributed by atoms with Gasteiger partial charge in [0.25, 0.3) is 0 Å². The van der Waals surface area contributed by atoms with E-state index >= 15 is 0 Å². The number of benzene rings is 1. The summed E-state index contributed by atoms with van der Waals surface area (Å²) < 4.78 is 22.5. The van der Waals surface area contributed by atoms with E-state index in [4.69, 9.17) is 10.9 Å². The summed E-state index contributed by atoms with van der Waals surface area (Å²) in [5.41, 5.74) is 6.24. The summed E-state index contributed by atoms with van der Waals surface area (Å²) in [5, 5.41) is 10.5. The van der Waals surface area contributed by atoms with E-state index < -0.39 is 10.0 Å². The van der Waals surface area contributed by atoms with Gasteiger partial charge in [0.2, 0.25) is 15.9 Å². The van der Waals surface area contributed by atoms with Gasteiger partial charge < -0.3 is 16.4 Å². The molecular weight excluding hydrogens is 256 g/mol. The summed E-state index contributed by atoms with van der Waals surface area (Å²) in [5.74, 6) is -0.136. The van der Waals surface area contributed by atoms with Crippen LogP contribution in [0.3, 0.4) is 0 Å². The zero-order chi connectivity index (χ0) is 13.8. The minimum absolute atomic E-state index is 0.0721. The Balaban J connectivity index is 2.76. The standard InChI is InChI=1S/C10H16N4O3S/c1-7(15)13-5-6-14-8-3-2-4-9(10(8)11)18(12,16)17/h2-4,14H,5-6,11H2,1H3,(H,13,15)(H2,12,16,17). The molecule has 7 nitrogen and oxygen atoms in total. The zero-order valence-electron chi connectivity index (χ0n) is 9.93. The number of carbonyl (C=O) groups is 1. The van der Waals surface area contributed by atoms with Crippen molar-refractivity contribution < 1.29 is 13.2 Å². The second-order valence-electron chi connectivity index (χ2n) is 3.67. The van der Waals surface area contributed by atoms with Gasteiger partial charge in [-0.15, -0.1) is 0 Å². The Morgan fingerprint density at radius 3 is 2.56 bits per heavy atom. The first-order chi connectivity index (χ1) is 8.32. The molecule has 0 spiro atoms. The van der Waals surface area contributed by atoms with Crippen LogP contribution in [-0.2, 0) is 14.8 Å². The number of anilines is 2. The van der Waals surface area contributed by atoms with E-state index in [1.165, 1.54) is 19.1 Å². The molecule has 1 aromatic rings. The molecule has 0 saturated carbocycles. The number of para-hydroxylation sites is 1. The Kier molecular flexibility index (Phi) is 4.51. The van der Waals surface area contributed by atoms with Crippen molar-refractivity contribution in [3.63, 3.8) is 0 Å². The van der Waals surface area contributed by atoms with Gasteiger partial charge in [-0.05, 0) is 12.1 Å². The van der Waals surface area contributed by atoms with Gasteiger partial charge in [0.05, 0.1) is 11.4 Å². The lowest BCUT2D eigenvalue weighted by Gasteiger charge is -2.11. The summed E-state index contributed by atoms with van der Waals surface area (Å²) in [6, 6.07) is 4.51. The summed E-state index contributed by atoms with van der Waals surface area (Å²) in [6.07, 6.45) is 0. The van der Waals surface area contributed by atoms with E-state index in [0.717, 1.165) is 0 Å². The highest BCUT2D eigenvalue weighted by atomic mass is 32.2. The van der Waals surface area contributed by atoms with Crippen molar-refractivity contribution in [3.8, 4) is 0 Å². The lowest BCUT2D eigenvalue weighted by Crippen LogP contribution is -2.26. The maximum atomic E-state index is 11.2. The molecule has 1 rings (SSSR count). The van der Waals surface area contributed by atoms with Crippen LogP contribution in [0.2, 0.25) is 0 Å².